The van der Waals surface area contributed by atoms with Crippen LogP contribution in [0.3, 0.4) is 0 Å². The summed E-state index contributed by atoms with van der Waals surface area (Å²) in [5.74, 6) is -1.25. The van der Waals surface area contributed by atoms with Gasteiger partial charge in [-0.3, -0.25) is 9.36 Å². The van der Waals surface area contributed by atoms with Crippen molar-refractivity contribution >= 4 is 11.7 Å². The summed E-state index contributed by atoms with van der Waals surface area (Å²) >= 11 is 0. The summed E-state index contributed by atoms with van der Waals surface area (Å²) in [5, 5.41) is 13.3. The Labute approximate surface area is 149 Å². The van der Waals surface area contributed by atoms with Crippen LogP contribution in [0.15, 0.2) is 30.5 Å². The second-order valence-electron chi connectivity index (χ2n) is 5.64. The molecule has 12 heteroatoms. The molecule has 2 heterocycles. The number of rotatable bonds is 5. The van der Waals surface area contributed by atoms with Gasteiger partial charge in [0.15, 0.2) is 0 Å². The normalized spacial score (nSPS) is 16.2. The van der Waals surface area contributed by atoms with E-state index in [4.69, 9.17) is 4.74 Å². The fraction of sp³-hybridized carbons (Fsp3) is 0.333. The number of hydrogen-bond donors (Lipinski definition) is 1. The number of alkyl halides is 3. The third-order valence-electron chi connectivity index (χ3n) is 3.72. The molecule has 1 aliphatic heterocycles. The molecule has 0 radical (unpaired) electrons. The van der Waals surface area contributed by atoms with Crippen LogP contribution in [0.25, 0.3) is 0 Å². The lowest BCUT2D eigenvalue weighted by Crippen LogP contribution is -2.38. The summed E-state index contributed by atoms with van der Waals surface area (Å²) in [6, 6.07) is 4.58. The Hall–Kier alpha value is -3.31. The highest BCUT2D eigenvalue weighted by molar-refractivity contribution is 5.94. The highest BCUT2D eigenvalue weighted by Gasteiger charge is 2.31. The molecule has 1 unspecified atom stereocenters. The maximum atomic E-state index is 12.1. The average Bonchev–Trinajstić information content (AvgIpc) is 3.02. The molecular weight excluding hydrogens is 373 g/mol. The van der Waals surface area contributed by atoms with E-state index in [9.17, 15) is 28.1 Å². The van der Waals surface area contributed by atoms with E-state index in [0.717, 1.165) is 12.1 Å². The van der Waals surface area contributed by atoms with Crippen LogP contribution < -0.4 is 14.8 Å². The number of fused-ring (bicyclic) bond motifs is 1. The summed E-state index contributed by atoms with van der Waals surface area (Å²) in [7, 11) is 0. The number of aryl methyl sites for hydroxylation is 1. The van der Waals surface area contributed by atoms with E-state index in [1.54, 1.807) is 0 Å². The van der Waals surface area contributed by atoms with E-state index in [1.807, 2.05) is 0 Å². The first-order valence-corrected chi connectivity index (χ1v) is 7.73. The monoisotopic (exact) mass is 386 g/mol. The van der Waals surface area contributed by atoms with Gasteiger partial charge < -0.3 is 24.9 Å². The molecule has 0 saturated carbocycles. The molecule has 0 bridgehead atoms. The third-order valence-corrected chi connectivity index (χ3v) is 3.72. The van der Waals surface area contributed by atoms with Crippen LogP contribution in [0.2, 0.25) is 0 Å². The third kappa shape index (κ3) is 4.65. The number of nitrogens with zero attached hydrogens (tertiary/aromatic N) is 3. The number of carbonyl (C=O) groups is 1. The van der Waals surface area contributed by atoms with Gasteiger partial charge in [-0.25, -0.2) is 0 Å². The lowest BCUT2D eigenvalue weighted by Gasteiger charge is -2.22. The van der Waals surface area contributed by atoms with Crippen molar-refractivity contribution in [1.82, 2.24) is 14.9 Å². The molecule has 1 aliphatic rings. The Morgan fingerprint density at radius 2 is 2.11 bits per heavy atom. The molecule has 1 amide bonds. The van der Waals surface area contributed by atoms with Crippen LogP contribution in [0.1, 0.15) is 16.8 Å². The predicted molar refractivity (Wildman–Crippen MR) is 83.4 cm³/mol. The number of imidazole rings is 1. The summed E-state index contributed by atoms with van der Waals surface area (Å²) in [5.41, 5.74) is 0.150. The molecule has 1 aromatic carbocycles. The van der Waals surface area contributed by atoms with Crippen molar-refractivity contribution in [3.05, 3.63) is 46.1 Å². The van der Waals surface area contributed by atoms with E-state index in [-0.39, 0.29) is 23.9 Å². The molecule has 3 rings (SSSR count). The predicted octanol–water partition coefficient (Wildman–Crippen LogP) is 2.27. The number of aromatic nitrogens is 2. The van der Waals surface area contributed by atoms with Crippen LogP contribution in [-0.2, 0) is 6.54 Å². The minimum absolute atomic E-state index is 0.0980. The van der Waals surface area contributed by atoms with Crippen LogP contribution >= 0.6 is 0 Å². The molecule has 2 aromatic rings. The van der Waals surface area contributed by atoms with Crippen LogP contribution in [0, 0.1) is 10.1 Å². The smallest absolute Gasteiger partial charge is 0.441 e. The molecule has 1 atom stereocenters. The summed E-state index contributed by atoms with van der Waals surface area (Å²) in [6.07, 6.45) is -3.47. The Kier molecular flexibility index (Phi) is 4.88. The number of amides is 1. The quantitative estimate of drug-likeness (QED) is 0.624. The van der Waals surface area contributed by atoms with E-state index in [1.165, 1.54) is 22.9 Å². The average molecular weight is 386 g/mol. The fourth-order valence-corrected chi connectivity index (χ4v) is 2.48. The first-order chi connectivity index (χ1) is 12.7. The number of benzene rings is 1. The molecule has 1 N–H and O–H groups in total. The standard InChI is InChI=1S/C15H13F3N4O5/c16-15(17,18)27-10-3-1-9(2-4-10)13(23)19-7-11-5-6-21-8-12(22(24)25)20-14(21)26-11/h1-4,8,11H,5-7H2,(H,19,23). The first-order valence-electron chi connectivity index (χ1n) is 7.73. The fourth-order valence-electron chi connectivity index (χ4n) is 2.48. The number of carbonyl (C=O) groups excluding carboxylic acids is 1. The molecule has 9 nitrogen and oxygen atoms in total. The van der Waals surface area contributed by atoms with Crippen molar-refractivity contribution in [1.29, 1.82) is 0 Å². The van der Waals surface area contributed by atoms with Gasteiger partial charge in [0.1, 0.15) is 18.1 Å². The van der Waals surface area contributed by atoms with E-state index < -0.39 is 29.0 Å². The van der Waals surface area contributed by atoms with Gasteiger partial charge in [0.25, 0.3) is 5.91 Å². The van der Waals surface area contributed by atoms with E-state index in [2.05, 4.69) is 15.0 Å². The van der Waals surface area contributed by atoms with Gasteiger partial charge >= 0.3 is 18.2 Å². The van der Waals surface area contributed by atoms with Crippen molar-refractivity contribution in [2.45, 2.75) is 25.4 Å². The number of nitro groups is 1. The van der Waals surface area contributed by atoms with Crippen molar-refractivity contribution in [2.24, 2.45) is 0 Å². The minimum Gasteiger partial charge on any atom is -0.441 e. The lowest BCUT2D eigenvalue weighted by atomic mass is 10.2. The summed E-state index contributed by atoms with van der Waals surface area (Å²) in [6.45, 7) is 0.556. The number of halogens is 3. The zero-order valence-corrected chi connectivity index (χ0v) is 13.6. The van der Waals surface area contributed by atoms with E-state index in [0.29, 0.717) is 13.0 Å². The topological polar surface area (TPSA) is 109 Å². The Morgan fingerprint density at radius 1 is 1.41 bits per heavy atom. The molecular formula is C15H13F3N4O5. The zero-order chi connectivity index (χ0) is 19.6. The largest absolute Gasteiger partial charge is 0.573 e. The molecule has 27 heavy (non-hydrogen) atoms. The highest BCUT2D eigenvalue weighted by atomic mass is 19.4. The maximum Gasteiger partial charge on any atom is 0.573 e. The van der Waals surface area contributed by atoms with Crippen LogP contribution in [0.5, 0.6) is 11.8 Å². The van der Waals surface area contributed by atoms with Crippen LogP contribution in [0.4, 0.5) is 19.0 Å². The summed E-state index contributed by atoms with van der Waals surface area (Å²) < 4.78 is 47.1. The minimum atomic E-state index is -4.80. The summed E-state index contributed by atoms with van der Waals surface area (Å²) in [4.78, 5) is 25.9. The second-order valence-corrected chi connectivity index (χ2v) is 5.64. The van der Waals surface area contributed by atoms with Gasteiger partial charge in [-0.05, 0) is 29.2 Å². The molecule has 0 spiro atoms. The molecule has 0 saturated heterocycles. The second kappa shape index (κ2) is 7.13. The Balaban J connectivity index is 1.54. The molecule has 0 fully saturated rings. The molecule has 144 valence electrons. The zero-order valence-electron chi connectivity index (χ0n) is 13.6. The van der Waals surface area contributed by atoms with Gasteiger partial charge in [-0.2, -0.15) is 0 Å². The highest BCUT2D eigenvalue weighted by Crippen LogP contribution is 2.24. The van der Waals surface area contributed by atoms with Crippen LogP contribution in [-0.4, -0.2) is 39.4 Å². The van der Waals surface area contributed by atoms with Crippen molar-refractivity contribution in [3.63, 3.8) is 0 Å². The Bertz CT molecular complexity index is 850. The van der Waals surface area contributed by atoms with Crippen molar-refractivity contribution in [3.8, 4) is 11.8 Å². The van der Waals surface area contributed by atoms with Crippen molar-refractivity contribution in [2.75, 3.05) is 6.54 Å². The SMILES string of the molecule is O=C(NCC1CCn2cc([N+](=O)[O-])nc2O1)c1ccc(OC(F)(F)F)cc1. The number of ether oxygens (including phenoxy) is 2. The number of nitrogens with one attached hydrogen (secondary N) is 1. The Morgan fingerprint density at radius 3 is 2.74 bits per heavy atom. The maximum absolute atomic E-state index is 12.1. The van der Waals surface area contributed by atoms with Gasteiger partial charge in [0.2, 0.25) is 0 Å². The molecule has 1 aromatic heterocycles. The van der Waals surface area contributed by atoms with Gasteiger partial charge in [0, 0.05) is 23.5 Å². The first kappa shape index (κ1) is 18.5. The van der Waals surface area contributed by atoms with Gasteiger partial charge in [0.05, 0.1) is 6.54 Å². The molecule has 0 aliphatic carbocycles. The van der Waals surface area contributed by atoms with E-state index >= 15 is 0 Å². The lowest BCUT2D eigenvalue weighted by molar-refractivity contribution is -0.389. The van der Waals surface area contributed by atoms with Crippen molar-refractivity contribution < 1.29 is 32.4 Å². The number of hydrogen-bond acceptors (Lipinski definition) is 6. The van der Waals surface area contributed by atoms with Gasteiger partial charge in [-0.1, -0.05) is 0 Å². The van der Waals surface area contributed by atoms with Gasteiger partial charge in [-0.15, -0.1) is 13.2 Å².